The maximum atomic E-state index is 13.0. The van der Waals surface area contributed by atoms with Crippen LogP contribution in [0.1, 0.15) is 55.8 Å². The van der Waals surface area contributed by atoms with Crippen molar-refractivity contribution in [2.45, 2.75) is 55.9 Å². The molecule has 7 nitrogen and oxygen atoms in total. The van der Waals surface area contributed by atoms with Crippen molar-refractivity contribution in [1.82, 2.24) is 9.62 Å². The van der Waals surface area contributed by atoms with Crippen LogP contribution in [0.25, 0.3) is 0 Å². The van der Waals surface area contributed by atoms with Crippen LogP contribution in [0.4, 0.5) is 0 Å². The van der Waals surface area contributed by atoms with Crippen LogP contribution in [-0.4, -0.2) is 50.3 Å². The summed E-state index contributed by atoms with van der Waals surface area (Å²) in [5.74, 6) is -1.31. The molecule has 1 N–H and O–H groups in total. The highest BCUT2D eigenvalue weighted by Gasteiger charge is 2.43. The van der Waals surface area contributed by atoms with Crippen molar-refractivity contribution in [3.63, 3.8) is 0 Å². The fourth-order valence-corrected chi connectivity index (χ4v) is 5.99. The fourth-order valence-electron chi connectivity index (χ4n) is 4.25. The maximum absolute atomic E-state index is 13.0. The molecule has 1 heterocycles. The smallest absolute Gasteiger partial charge is 0.311 e. The average Bonchev–Trinajstić information content (AvgIpc) is 3.23. The number of sulfonamides is 1. The molecule has 0 aromatic heterocycles. The molecule has 29 heavy (non-hydrogen) atoms. The minimum Gasteiger partial charge on any atom is -0.469 e. The van der Waals surface area contributed by atoms with Gasteiger partial charge in [0.1, 0.15) is 0 Å². The zero-order valence-electron chi connectivity index (χ0n) is 16.7. The van der Waals surface area contributed by atoms with Gasteiger partial charge in [0.2, 0.25) is 10.0 Å². The summed E-state index contributed by atoms with van der Waals surface area (Å²) in [5, 5.41) is 3.10. The van der Waals surface area contributed by atoms with Crippen molar-refractivity contribution < 1.29 is 22.7 Å². The summed E-state index contributed by atoms with van der Waals surface area (Å²) >= 11 is 6.23. The van der Waals surface area contributed by atoms with Gasteiger partial charge in [-0.1, -0.05) is 24.4 Å². The SMILES string of the molecule is COC(=O)[C@H]1CCCC[C@@]1(C)NC(=O)c1cc(S(=O)(=O)N2CCCC2)ccc1Cl. The number of carbonyl (C=O) groups is 2. The molecule has 1 aromatic carbocycles. The first-order valence-electron chi connectivity index (χ1n) is 9.89. The van der Waals surface area contributed by atoms with E-state index in [1.165, 1.54) is 29.6 Å². The summed E-state index contributed by atoms with van der Waals surface area (Å²) in [7, 11) is -2.33. The minimum atomic E-state index is -3.67. The summed E-state index contributed by atoms with van der Waals surface area (Å²) in [4.78, 5) is 25.3. The number of carbonyl (C=O) groups excluding carboxylic acids is 2. The third-order valence-electron chi connectivity index (χ3n) is 5.98. The highest BCUT2D eigenvalue weighted by Crippen LogP contribution is 2.35. The summed E-state index contributed by atoms with van der Waals surface area (Å²) in [6.45, 7) is 2.78. The molecule has 1 amide bonds. The Kier molecular flexibility index (Phi) is 6.55. The number of amides is 1. The van der Waals surface area contributed by atoms with E-state index in [-0.39, 0.29) is 21.5 Å². The van der Waals surface area contributed by atoms with Crippen LogP contribution in [0.2, 0.25) is 5.02 Å². The number of halogens is 1. The Morgan fingerprint density at radius 2 is 1.90 bits per heavy atom. The van der Waals surface area contributed by atoms with Gasteiger partial charge in [0.05, 0.1) is 34.0 Å². The lowest BCUT2D eigenvalue weighted by Crippen LogP contribution is -2.55. The molecule has 1 aliphatic heterocycles. The monoisotopic (exact) mass is 442 g/mol. The predicted molar refractivity (Wildman–Crippen MR) is 109 cm³/mol. The van der Waals surface area contributed by atoms with E-state index in [0.29, 0.717) is 25.9 Å². The zero-order chi connectivity index (χ0) is 21.2. The molecule has 1 aromatic rings. The van der Waals surface area contributed by atoms with Crippen LogP contribution in [0.15, 0.2) is 23.1 Å². The van der Waals surface area contributed by atoms with Gasteiger partial charge in [0.25, 0.3) is 5.91 Å². The van der Waals surface area contributed by atoms with Crippen molar-refractivity contribution >= 4 is 33.5 Å². The topological polar surface area (TPSA) is 92.8 Å². The number of nitrogens with zero attached hydrogens (tertiary/aromatic N) is 1. The van der Waals surface area contributed by atoms with E-state index in [1.54, 1.807) is 0 Å². The fraction of sp³-hybridized carbons (Fsp3) is 0.600. The molecular formula is C20H27ClN2O5S. The van der Waals surface area contributed by atoms with Crippen molar-refractivity contribution in [2.24, 2.45) is 5.92 Å². The molecule has 160 valence electrons. The molecule has 9 heteroatoms. The Bertz CT molecular complexity index is 898. The Hall–Kier alpha value is -1.64. The van der Waals surface area contributed by atoms with Gasteiger partial charge in [0, 0.05) is 13.1 Å². The summed E-state index contributed by atoms with van der Waals surface area (Å²) < 4.78 is 32.0. The lowest BCUT2D eigenvalue weighted by atomic mass is 9.73. The lowest BCUT2D eigenvalue weighted by molar-refractivity contribution is -0.149. The van der Waals surface area contributed by atoms with Gasteiger partial charge in [0.15, 0.2) is 0 Å². The van der Waals surface area contributed by atoms with E-state index >= 15 is 0 Å². The first-order valence-corrected chi connectivity index (χ1v) is 11.7. The van der Waals surface area contributed by atoms with Crippen LogP contribution in [0.5, 0.6) is 0 Å². The first-order chi connectivity index (χ1) is 13.7. The molecule has 1 aliphatic carbocycles. The van der Waals surface area contributed by atoms with Gasteiger partial charge in [-0.05, 0) is 50.8 Å². The molecule has 3 rings (SSSR count). The maximum Gasteiger partial charge on any atom is 0.311 e. The molecule has 0 bridgehead atoms. The predicted octanol–water partition coefficient (Wildman–Crippen LogP) is 2.98. The van der Waals surface area contributed by atoms with E-state index in [2.05, 4.69) is 5.32 Å². The van der Waals surface area contributed by atoms with E-state index in [9.17, 15) is 18.0 Å². The third-order valence-corrected chi connectivity index (χ3v) is 8.20. The number of nitrogens with one attached hydrogen (secondary N) is 1. The van der Waals surface area contributed by atoms with E-state index in [1.807, 2.05) is 6.92 Å². The molecular weight excluding hydrogens is 416 g/mol. The Morgan fingerprint density at radius 3 is 2.55 bits per heavy atom. The van der Waals surface area contributed by atoms with Gasteiger partial charge in [-0.3, -0.25) is 9.59 Å². The van der Waals surface area contributed by atoms with Crippen LogP contribution < -0.4 is 5.32 Å². The number of ether oxygens (including phenoxy) is 1. The molecule has 2 atom stereocenters. The quantitative estimate of drug-likeness (QED) is 0.707. The van der Waals surface area contributed by atoms with Crippen LogP contribution in [0.3, 0.4) is 0 Å². The van der Waals surface area contributed by atoms with Crippen molar-refractivity contribution in [2.75, 3.05) is 20.2 Å². The number of rotatable bonds is 5. The van der Waals surface area contributed by atoms with Crippen LogP contribution >= 0.6 is 11.6 Å². The number of benzene rings is 1. The second-order valence-electron chi connectivity index (χ2n) is 7.95. The normalized spacial score (nSPS) is 25.6. The highest BCUT2D eigenvalue weighted by atomic mass is 35.5. The summed E-state index contributed by atoms with van der Waals surface area (Å²) in [5.41, 5.74) is -0.697. The van der Waals surface area contributed by atoms with Gasteiger partial charge in [-0.15, -0.1) is 0 Å². The molecule has 1 saturated carbocycles. The molecule has 1 saturated heterocycles. The Balaban J connectivity index is 1.88. The van der Waals surface area contributed by atoms with Gasteiger partial charge in [-0.2, -0.15) is 4.31 Å². The Morgan fingerprint density at radius 1 is 1.21 bits per heavy atom. The average molecular weight is 443 g/mol. The number of hydrogen-bond acceptors (Lipinski definition) is 5. The molecule has 0 radical (unpaired) electrons. The molecule has 0 spiro atoms. The number of hydrogen-bond donors (Lipinski definition) is 1. The molecule has 2 fully saturated rings. The second kappa shape index (κ2) is 8.62. The second-order valence-corrected chi connectivity index (χ2v) is 10.3. The van der Waals surface area contributed by atoms with Gasteiger partial charge in [-0.25, -0.2) is 8.42 Å². The Labute approximate surface area is 176 Å². The van der Waals surface area contributed by atoms with Crippen LogP contribution in [0, 0.1) is 5.92 Å². The standard InChI is InChI=1S/C20H27ClN2O5S/c1-20(10-4-3-7-16(20)19(25)28-2)22-18(24)15-13-14(8-9-17(15)21)29(26,27)23-11-5-6-12-23/h8-9,13,16H,3-7,10-12H2,1-2H3,(H,22,24)/t16-,20-/m1/s1. The summed E-state index contributed by atoms with van der Waals surface area (Å²) in [6.07, 6.45) is 4.67. The number of methoxy groups -OCH3 is 1. The third kappa shape index (κ3) is 4.44. The van der Waals surface area contributed by atoms with E-state index in [0.717, 1.165) is 25.7 Å². The lowest BCUT2D eigenvalue weighted by Gasteiger charge is -2.40. The van der Waals surface area contributed by atoms with Crippen molar-refractivity contribution in [1.29, 1.82) is 0 Å². The largest absolute Gasteiger partial charge is 0.469 e. The summed E-state index contributed by atoms with van der Waals surface area (Å²) in [6, 6.07) is 4.18. The van der Waals surface area contributed by atoms with E-state index < -0.39 is 27.4 Å². The first kappa shape index (κ1) is 22.1. The van der Waals surface area contributed by atoms with E-state index in [4.69, 9.17) is 16.3 Å². The van der Waals surface area contributed by atoms with Crippen molar-refractivity contribution in [3.8, 4) is 0 Å². The number of esters is 1. The van der Waals surface area contributed by atoms with Crippen molar-refractivity contribution in [3.05, 3.63) is 28.8 Å². The minimum absolute atomic E-state index is 0.0484. The molecule has 2 aliphatic rings. The van der Waals surface area contributed by atoms with Crippen LogP contribution in [-0.2, 0) is 19.6 Å². The van der Waals surface area contributed by atoms with Gasteiger partial charge < -0.3 is 10.1 Å². The van der Waals surface area contributed by atoms with Gasteiger partial charge >= 0.3 is 5.97 Å². The highest BCUT2D eigenvalue weighted by molar-refractivity contribution is 7.89. The zero-order valence-corrected chi connectivity index (χ0v) is 18.3. The molecule has 0 unspecified atom stereocenters.